The van der Waals surface area contributed by atoms with Crippen molar-refractivity contribution in [3.8, 4) is 0 Å². The molecule has 8 nitrogen and oxygen atoms in total. The van der Waals surface area contributed by atoms with Crippen molar-refractivity contribution < 1.29 is 24.2 Å². The predicted octanol–water partition coefficient (Wildman–Crippen LogP) is 4.14. The number of ether oxygens (including phenoxy) is 2. The summed E-state index contributed by atoms with van der Waals surface area (Å²) in [6, 6.07) is 10.4. The lowest BCUT2D eigenvalue weighted by molar-refractivity contribution is -0.144. The van der Waals surface area contributed by atoms with Crippen LogP contribution in [0.15, 0.2) is 36.4 Å². The highest BCUT2D eigenvalue weighted by molar-refractivity contribution is 6.30. The molecule has 3 heterocycles. The van der Waals surface area contributed by atoms with Crippen LogP contribution in [-0.2, 0) is 37.3 Å². The summed E-state index contributed by atoms with van der Waals surface area (Å²) in [6.45, 7) is 2.63. The molecule has 0 unspecified atom stereocenters. The lowest BCUT2D eigenvalue weighted by Gasteiger charge is -2.37. The molecule has 1 amide bonds. The molecule has 0 spiro atoms. The molecule has 0 radical (unpaired) electrons. The molecule has 1 saturated heterocycles. The van der Waals surface area contributed by atoms with E-state index in [1.165, 1.54) is 5.56 Å². The second kappa shape index (κ2) is 13.2. The Morgan fingerprint density at radius 2 is 2.03 bits per heavy atom. The number of amides is 1. The lowest BCUT2D eigenvalue weighted by Crippen LogP contribution is -2.53. The number of pyridine rings is 1. The first kappa shape index (κ1) is 27.4. The molecule has 1 atom stereocenters. The standard InChI is InChI=1S/C28H36ClN3O5/c29-22-7-3-6-21(19-22)28(12-17-37-18-13-28)27(35)32-24(26(33)34)11-16-36-15-2-1-8-23-10-9-20-5-4-14-30-25(20)31-23/h3,6-7,9-10,19,24H,1-2,4-5,8,11-18H2,(H,30,31)(H,32,35)(H,33,34)/t24-/m0/s1. The van der Waals surface area contributed by atoms with Crippen molar-refractivity contribution in [1.29, 1.82) is 0 Å². The zero-order chi connectivity index (χ0) is 26.1. The number of nitrogens with one attached hydrogen (secondary N) is 2. The lowest BCUT2D eigenvalue weighted by atomic mass is 9.73. The number of carbonyl (C=O) groups is 2. The van der Waals surface area contributed by atoms with Crippen molar-refractivity contribution in [3.63, 3.8) is 0 Å². The number of benzene rings is 1. The number of aliphatic carboxylic acids is 1. The van der Waals surface area contributed by atoms with E-state index in [1.54, 1.807) is 12.1 Å². The van der Waals surface area contributed by atoms with E-state index < -0.39 is 17.4 Å². The van der Waals surface area contributed by atoms with Crippen LogP contribution in [0.3, 0.4) is 0 Å². The van der Waals surface area contributed by atoms with Gasteiger partial charge in [0.15, 0.2) is 0 Å². The second-order valence-electron chi connectivity index (χ2n) is 9.77. The molecule has 1 fully saturated rings. The van der Waals surface area contributed by atoms with Gasteiger partial charge in [-0.3, -0.25) is 4.79 Å². The minimum atomic E-state index is -1.07. The average molecular weight is 530 g/mol. The summed E-state index contributed by atoms with van der Waals surface area (Å²) in [6.07, 6.45) is 6.03. The summed E-state index contributed by atoms with van der Waals surface area (Å²) >= 11 is 6.19. The molecule has 0 aliphatic carbocycles. The zero-order valence-corrected chi connectivity index (χ0v) is 21.9. The van der Waals surface area contributed by atoms with Gasteiger partial charge in [0.05, 0.1) is 5.41 Å². The van der Waals surface area contributed by atoms with Crippen LogP contribution >= 0.6 is 11.6 Å². The molecular weight excluding hydrogens is 494 g/mol. The van der Waals surface area contributed by atoms with Gasteiger partial charge >= 0.3 is 5.97 Å². The molecule has 0 saturated carbocycles. The Labute approximate surface area is 223 Å². The monoisotopic (exact) mass is 529 g/mol. The van der Waals surface area contributed by atoms with Crippen LogP contribution in [0.1, 0.15) is 55.3 Å². The third-order valence-electron chi connectivity index (χ3n) is 7.24. The minimum Gasteiger partial charge on any atom is -0.480 e. The van der Waals surface area contributed by atoms with Gasteiger partial charge in [0, 0.05) is 50.1 Å². The minimum absolute atomic E-state index is 0.196. The third-order valence-corrected chi connectivity index (χ3v) is 7.47. The molecule has 200 valence electrons. The van der Waals surface area contributed by atoms with Crippen molar-refractivity contribution in [3.05, 3.63) is 58.2 Å². The van der Waals surface area contributed by atoms with Crippen LogP contribution in [0.25, 0.3) is 0 Å². The number of hydrogen-bond acceptors (Lipinski definition) is 6. The van der Waals surface area contributed by atoms with Crippen molar-refractivity contribution in [2.24, 2.45) is 0 Å². The van der Waals surface area contributed by atoms with E-state index in [2.05, 4.69) is 22.8 Å². The number of aromatic nitrogens is 1. The molecule has 4 rings (SSSR count). The number of anilines is 1. The molecule has 1 aromatic carbocycles. The predicted molar refractivity (Wildman–Crippen MR) is 142 cm³/mol. The normalized spacial score (nSPS) is 17.3. The summed E-state index contributed by atoms with van der Waals surface area (Å²) in [5.74, 6) is -0.366. The fourth-order valence-corrected chi connectivity index (χ4v) is 5.22. The third kappa shape index (κ3) is 7.21. The van der Waals surface area contributed by atoms with Crippen molar-refractivity contribution >= 4 is 29.3 Å². The van der Waals surface area contributed by atoms with E-state index in [4.69, 9.17) is 26.1 Å². The highest BCUT2D eigenvalue weighted by Crippen LogP contribution is 2.36. The number of rotatable bonds is 12. The number of nitrogens with zero attached hydrogens (tertiary/aromatic N) is 1. The highest BCUT2D eigenvalue weighted by Gasteiger charge is 2.43. The number of carbonyl (C=O) groups excluding carboxylic acids is 1. The quantitative estimate of drug-likeness (QED) is 0.354. The van der Waals surface area contributed by atoms with E-state index in [0.29, 0.717) is 37.7 Å². The zero-order valence-electron chi connectivity index (χ0n) is 21.1. The fraction of sp³-hybridized carbons (Fsp3) is 0.536. The van der Waals surface area contributed by atoms with Crippen LogP contribution in [0.2, 0.25) is 5.02 Å². The first-order valence-corrected chi connectivity index (χ1v) is 13.5. The summed E-state index contributed by atoms with van der Waals surface area (Å²) in [5.41, 5.74) is 2.28. The smallest absolute Gasteiger partial charge is 0.326 e. The second-order valence-corrected chi connectivity index (χ2v) is 10.2. The average Bonchev–Trinajstić information content (AvgIpc) is 2.92. The molecule has 9 heteroatoms. The molecule has 1 aromatic heterocycles. The number of halogens is 1. The number of fused-ring (bicyclic) bond motifs is 1. The molecule has 37 heavy (non-hydrogen) atoms. The maximum atomic E-state index is 13.4. The summed E-state index contributed by atoms with van der Waals surface area (Å²) in [4.78, 5) is 30.0. The number of hydrogen-bond donors (Lipinski definition) is 3. The fourth-order valence-electron chi connectivity index (χ4n) is 5.03. The van der Waals surface area contributed by atoms with Crippen molar-refractivity contribution in [2.45, 2.75) is 62.8 Å². The van der Waals surface area contributed by atoms with Gasteiger partial charge in [-0.2, -0.15) is 0 Å². The molecule has 3 N–H and O–H groups in total. The van der Waals surface area contributed by atoms with Crippen molar-refractivity contribution in [2.75, 3.05) is 38.3 Å². The van der Waals surface area contributed by atoms with Crippen LogP contribution < -0.4 is 10.6 Å². The number of carboxylic acid groups (broad SMARTS) is 1. The van der Waals surface area contributed by atoms with Crippen LogP contribution in [0.4, 0.5) is 5.82 Å². The van der Waals surface area contributed by atoms with E-state index >= 15 is 0 Å². The van der Waals surface area contributed by atoms with Gasteiger partial charge in [-0.05, 0) is 74.3 Å². The molecule has 2 aliphatic heterocycles. The largest absolute Gasteiger partial charge is 0.480 e. The van der Waals surface area contributed by atoms with Gasteiger partial charge in [0.25, 0.3) is 0 Å². The van der Waals surface area contributed by atoms with Gasteiger partial charge in [0.2, 0.25) is 5.91 Å². The maximum absolute atomic E-state index is 13.4. The SMILES string of the molecule is O=C(O)[C@H](CCOCCCCc1ccc2c(n1)NCCC2)NC(=O)C1(c2cccc(Cl)c2)CCOCC1. The van der Waals surface area contributed by atoms with E-state index in [0.717, 1.165) is 55.7 Å². The Bertz CT molecular complexity index is 1070. The van der Waals surface area contributed by atoms with Crippen LogP contribution in [0, 0.1) is 0 Å². The molecule has 2 aliphatic rings. The molecule has 0 bridgehead atoms. The van der Waals surface area contributed by atoms with Crippen LogP contribution in [-0.4, -0.2) is 61.0 Å². The van der Waals surface area contributed by atoms with E-state index in [-0.39, 0.29) is 18.9 Å². The van der Waals surface area contributed by atoms with Gasteiger partial charge in [-0.15, -0.1) is 0 Å². The molecule has 2 aromatic rings. The van der Waals surface area contributed by atoms with Gasteiger partial charge in [0.1, 0.15) is 11.9 Å². The topological polar surface area (TPSA) is 110 Å². The maximum Gasteiger partial charge on any atom is 0.326 e. The molecular formula is C28H36ClN3O5. The highest BCUT2D eigenvalue weighted by atomic mass is 35.5. The Hall–Kier alpha value is -2.68. The first-order valence-electron chi connectivity index (χ1n) is 13.2. The van der Waals surface area contributed by atoms with Gasteiger partial charge in [-0.1, -0.05) is 29.8 Å². The Morgan fingerprint density at radius 1 is 1.19 bits per heavy atom. The van der Waals surface area contributed by atoms with E-state index in [9.17, 15) is 14.7 Å². The van der Waals surface area contributed by atoms with Gasteiger partial charge in [-0.25, -0.2) is 9.78 Å². The van der Waals surface area contributed by atoms with Gasteiger partial charge < -0.3 is 25.2 Å². The summed E-state index contributed by atoms with van der Waals surface area (Å²) < 4.78 is 11.2. The number of aryl methyl sites for hydroxylation is 2. The first-order chi connectivity index (χ1) is 18.0. The van der Waals surface area contributed by atoms with E-state index in [1.807, 2.05) is 12.1 Å². The Kier molecular flexibility index (Phi) is 9.77. The number of unbranched alkanes of at least 4 members (excludes halogenated alkanes) is 1. The summed E-state index contributed by atoms with van der Waals surface area (Å²) in [7, 11) is 0. The Morgan fingerprint density at radius 3 is 2.81 bits per heavy atom. The Balaban J connectivity index is 1.22. The van der Waals surface area contributed by atoms with Crippen molar-refractivity contribution in [1.82, 2.24) is 10.3 Å². The summed E-state index contributed by atoms with van der Waals surface area (Å²) in [5, 5.41) is 16.4. The number of carboxylic acids is 1. The van der Waals surface area contributed by atoms with Crippen LogP contribution in [0.5, 0.6) is 0 Å².